The Balaban J connectivity index is 2.16. The van der Waals surface area contributed by atoms with Gasteiger partial charge in [0, 0.05) is 5.56 Å². The highest BCUT2D eigenvalue weighted by Gasteiger charge is 2.21. The number of piperidine rings is 1. The van der Waals surface area contributed by atoms with Crippen LogP contribution in [0.5, 0.6) is 0 Å². The molecular weight excluding hydrogens is 198 g/mol. The lowest BCUT2D eigenvalue weighted by Gasteiger charge is -2.22. The molecule has 0 aliphatic carbocycles. The summed E-state index contributed by atoms with van der Waals surface area (Å²) in [6, 6.07) is 6.02. The molecule has 1 fully saturated rings. The second kappa shape index (κ2) is 4.79. The molecule has 0 bridgehead atoms. The lowest BCUT2D eigenvalue weighted by atomic mass is 9.94. The van der Waals surface area contributed by atoms with Crippen molar-refractivity contribution in [2.45, 2.75) is 39.2 Å². The predicted molar refractivity (Wildman–Crippen MR) is 65.9 cm³/mol. The number of carbonyl (C=O) groups excluding carboxylic acids is 1. The summed E-state index contributed by atoms with van der Waals surface area (Å²) in [5.74, 6) is 0.253. The molecule has 0 amide bonds. The van der Waals surface area contributed by atoms with E-state index in [0.29, 0.717) is 0 Å². The largest absolute Gasteiger partial charge is 0.307 e. The maximum Gasteiger partial charge on any atom is 0.179 e. The monoisotopic (exact) mass is 217 g/mol. The molecular formula is C14H19NO. The van der Waals surface area contributed by atoms with Gasteiger partial charge in [-0.1, -0.05) is 18.6 Å². The predicted octanol–water partition coefficient (Wildman–Crippen LogP) is 2.63. The first-order valence-electron chi connectivity index (χ1n) is 6.03. The van der Waals surface area contributed by atoms with Crippen LogP contribution in [0.3, 0.4) is 0 Å². The van der Waals surface area contributed by atoms with Crippen molar-refractivity contribution in [1.29, 1.82) is 0 Å². The molecule has 1 saturated heterocycles. The van der Waals surface area contributed by atoms with Crippen molar-refractivity contribution in [3.63, 3.8) is 0 Å². The molecule has 86 valence electrons. The van der Waals surface area contributed by atoms with E-state index in [2.05, 4.69) is 19.2 Å². The van der Waals surface area contributed by atoms with Gasteiger partial charge >= 0.3 is 0 Å². The lowest BCUT2D eigenvalue weighted by molar-refractivity contribution is 0.0927. The van der Waals surface area contributed by atoms with E-state index < -0.39 is 0 Å². The lowest BCUT2D eigenvalue weighted by Crippen LogP contribution is -2.40. The van der Waals surface area contributed by atoms with Crippen LogP contribution < -0.4 is 5.32 Å². The van der Waals surface area contributed by atoms with Gasteiger partial charge in [-0.05, 0) is 50.4 Å². The number of rotatable bonds is 2. The van der Waals surface area contributed by atoms with E-state index in [1.165, 1.54) is 17.5 Å². The van der Waals surface area contributed by atoms with Crippen LogP contribution >= 0.6 is 0 Å². The van der Waals surface area contributed by atoms with Gasteiger partial charge in [0.25, 0.3) is 0 Å². The Hall–Kier alpha value is -1.15. The van der Waals surface area contributed by atoms with Crippen molar-refractivity contribution in [2.24, 2.45) is 0 Å². The first-order chi connectivity index (χ1) is 7.68. The Morgan fingerprint density at radius 3 is 2.69 bits per heavy atom. The van der Waals surface area contributed by atoms with Crippen LogP contribution in [0.2, 0.25) is 0 Å². The Morgan fingerprint density at radius 2 is 2.06 bits per heavy atom. The summed E-state index contributed by atoms with van der Waals surface area (Å²) in [7, 11) is 0. The number of nitrogens with one attached hydrogen (secondary N) is 1. The quantitative estimate of drug-likeness (QED) is 0.772. The van der Waals surface area contributed by atoms with E-state index in [1.54, 1.807) is 0 Å². The zero-order chi connectivity index (χ0) is 11.5. The molecule has 2 rings (SSSR count). The molecule has 2 nitrogen and oxygen atoms in total. The third-order valence-electron chi connectivity index (χ3n) is 3.42. The van der Waals surface area contributed by atoms with Crippen LogP contribution in [0.25, 0.3) is 0 Å². The highest BCUT2D eigenvalue weighted by Crippen LogP contribution is 2.15. The van der Waals surface area contributed by atoms with Crippen LogP contribution in [0, 0.1) is 13.8 Å². The normalized spacial score (nSPS) is 20.8. The summed E-state index contributed by atoms with van der Waals surface area (Å²) in [5.41, 5.74) is 3.29. The molecule has 1 aliphatic heterocycles. The van der Waals surface area contributed by atoms with Crippen molar-refractivity contribution in [2.75, 3.05) is 6.54 Å². The molecule has 0 spiro atoms. The highest BCUT2D eigenvalue weighted by molar-refractivity contribution is 6.00. The Labute approximate surface area is 97.1 Å². The van der Waals surface area contributed by atoms with Gasteiger partial charge in [-0.2, -0.15) is 0 Å². The summed E-state index contributed by atoms with van der Waals surface area (Å²) in [5, 5.41) is 3.30. The third kappa shape index (κ3) is 2.33. The summed E-state index contributed by atoms with van der Waals surface area (Å²) in [6.07, 6.45) is 3.33. The van der Waals surface area contributed by atoms with Crippen molar-refractivity contribution in [3.8, 4) is 0 Å². The number of hydrogen-bond donors (Lipinski definition) is 1. The minimum absolute atomic E-state index is 0.0378. The van der Waals surface area contributed by atoms with Gasteiger partial charge in [-0.15, -0.1) is 0 Å². The summed E-state index contributed by atoms with van der Waals surface area (Å²) < 4.78 is 0. The Kier molecular flexibility index (Phi) is 3.39. The molecule has 1 atom stereocenters. The number of Topliss-reactive ketones (excluding diaryl/α,β-unsaturated/α-hetero) is 1. The number of carbonyl (C=O) groups is 1. The Morgan fingerprint density at radius 1 is 1.25 bits per heavy atom. The fraction of sp³-hybridized carbons (Fsp3) is 0.500. The van der Waals surface area contributed by atoms with Crippen molar-refractivity contribution in [1.82, 2.24) is 5.32 Å². The second-order valence-corrected chi connectivity index (χ2v) is 4.67. The van der Waals surface area contributed by atoms with Gasteiger partial charge in [0.05, 0.1) is 6.04 Å². The molecule has 0 saturated carbocycles. The van der Waals surface area contributed by atoms with Gasteiger partial charge in [-0.3, -0.25) is 4.79 Å². The van der Waals surface area contributed by atoms with E-state index in [9.17, 15) is 4.79 Å². The van der Waals surface area contributed by atoms with E-state index >= 15 is 0 Å². The third-order valence-corrected chi connectivity index (χ3v) is 3.42. The molecule has 16 heavy (non-hydrogen) atoms. The standard InChI is InChI=1S/C14H19NO/c1-10-6-7-12(9-11(10)2)14(16)13-5-3-4-8-15-13/h6-7,9,13,15H,3-5,8H2,1-2H3. The SMILES string of the molecule is Cc1ccc(C(=O)C2CCCCN2)cc1C. The Bertz CT molecular complexity index is 392. The minimum Gasteiger partial charge on any atom is -0.307 e. The van der Waals surface area contributed by atoms with Gasteiger partial charge in [0.2, 0.25) is 0 Å². The van der Waals surface area contributed by atoms with Crippen LogP contribution in [0.15, 0.2) is 18.2 Å². The summed E-state index contributed by atoms with van der Waals surface area (Å²) in [6.45, 7) is 5.10. The summed E-state index contributed by atoms with van der Waals surface area (Å²) >= 11 is 0. The molecule has 1 aromatic rings. The molecule has 1 heterocycles. The van der Waals surface area contributed by atoms with Gasteiger partial charge in [0.15, 0.2) is 5.78 Å². The van der Waals surface area contributed by atoms with Gasteiger partial charge in [0.1, 0.15) is 0 Å². The van der Waals surface area contributed by atoms with Gasteiger partial charge < -0.3 is 5.32 Å². The zero-order valence-corrected chi connectivity index (χ0v) is 10.0. The maximum absolute atomic E-state index is 12.2. The van der Waals surface area contributed by atoms with E-state index in [4.69, 9.17) is 0 Å². The summed E-state index contributed by atoms with van der Waals surface area (Å²) in [4.78, 5) is 12.2. The van der Waals surface area contributed by atoms with Crippen LogP contribution in [-0.2, 0) is 0 Å². The van der Waals surface area contributed by atoms with E-state index in [-0.39, 0.29) is 11.8 Å². The van der Waals surface area contributed by atoms with Crippen molar-refractivity contribution >= 4 is 5.78 Å². The molecule has 1 unspecified atom stereocenters. The van der Waals surface area contributed by atoms with Crippen molar-refractivity contribution in [3.05, 3.63) is 34.9 Å². The fourth-order valence-corrected chi connectivity index (χ4v) is 2.17. The first-order valence-corrected chi connectivity index (χ1v) is 6.03. The molecule has 0 aromatic heterocycles. The zero-order valence-electron chi connectivity index (χ0n) is 10.0. The van der Waals surface area contributed by atoms with Crippen molar-refractivity contribution < 1.29 is 4.79 Å². The average Bonchev–Trinajstić information content (AvgIpc) is 2.33. The maximum atomic E-state index is 12.2. The van der Waals surface area contributed by atoms with Gasteiger partial charge in [-0.25, -0.2) is 0 Å². The molecule has 1 N–H and O–H groups in total. The minimum atomic E-state index is 0.0378. The number of benzene rings is 1. The molecule has 1 aromatic carbocycles. The molecule has 1 aliphatic rings. The number of ketones is 1. The number of aryl methyl sites for hydroxylation is 2. The highest BCUT2D eigenvalue weighted by atomic mass is 16.1. The molecule has 2 heteroatoms. The van der Waals surface area contributed by atoms with E-state index in [1.807, 2.05) is 18.2 Å². The molecule has 0 radical (unpaired) electrons. The smallest absolute Gasteiger partial charge is 0.179 e. The van der Waals surface area contributed by atoms with E-state index in [0.717, 1.165) is 24.9 Å². The van der Waals surface area contributed by atoms with Crippen LogP contribution in [0.1, 0.15) is 40.7 Å². The van der Waals surface area contributed by atoms with Crippen LogP contribution in [0.4, 0.5) is 0 Å². The van der Waals surface area contributed by atoms with Crippen LogP contribution in [-0.4, -0.2) is 18.4 Å². The fourth-order valence-electron chi connectivity index (χ4n) is 2.17. The first kappa shape index (κ1) is 11.3. The average molecular weight is 217 g/mol. The number of hydrogen-bond acceptors (Lipinski definition) is 2. The second-order valence-electron chi connectivity index (χ2n) is 4.67. The topological polar surface area (TPSA) is 29.1 Å².